The molecule has 2 rings (SSSR count). The third kappa shape index (κ3) is 3.67. The Hall–Kier alpha value is -1.75. The minimum Gasteiger partial charge on any atom is -0.493 e. The van der Waals surface area contributed by atoms with Crippen molar-refractivity contribution in [3.05, 3.63) is 23.3 Å². The maximum absolute atomic E-state index is 11.8. The van der Waals surface area contributed by atoms with Crippen LogP contribution in [0.5, 0.6) is 11.5 Å². The lowest BCUT2D eigenvalue weighted by molar-refractivity contribution is 0.0600. The van der Waals surface area contributed by atoms with Crippen molar-refractivity contribution in [2.45, 2.75) is 31.7 Å². The number of carbonyl (C=O) groups is 1. The van der Waals surface area contributed by atoms with Gasteiger partial charge >= 0.3 is 5.97 Å². The van der Waals surface area contributed by atoms with Crippen LogP contribution >= 0.6 is 0 Å². The standard InChI is InChI=1S/C16H23NO4/c1-19-14-10-12(16(18)21-3)8-11(15(14)20-2)9-13-6-4-5-7-17-13/h8,10,13,17H,4-7,9H2,1-3H3. The molecule has 1 aromatic rings. The minimum atomic E-state index is -0.367. The number of esters is 1. The summed E-state index contributed by atoms with van der Waals surface area (Å²) < 4.78 is 15.6. The lowest BCUT2D eigenvalue weighted by Crippen LogP contribution is -2.35. The van der Waals surface area contributed by atoms with Gasteiger partial charge in [-0.15, -0.1) is 0 Å². The maximum Gasteiger partial charge on any atom is 0.337 e. The molecule has 1 aliphatic rings. The zero-order valence-corrected chi connectivity index (χ0v) is 12.9. The molecular weight excluding hydrogens is 270 g/mol. The van der Waals surface area contributed by atoms with Crippen LogP contribution in [0.2, 0.25) is 0 Å². The molecule has 1 fully saturated rings. The summed E-state index contributed by atoms with van der Waals surface area (Å²) in [7, 11) is 4.57. The fourth-order valence-electron chi connectivity index (χ4n) is 2.79. The molecule has 0 bridgehead atoms. The highest BCUT2D eigenvalue weighted by Gasteiger charge is 2.20. The molecule has 0 saturated carbocycles. The van der Waals surface area contributed by atoms with Crippen LogP contribution in [-0.4, -0.2) is 39.9 Å². The Labute approximate surface area is 125 Å². The van der Waals surface area contributed by atoms with E-state index in [0.29, 0.717) is 23.1 Å². The molecule has 21 heavy (non-hydrogen) atoms. The smallest absolute Gasteiger partial charge is 0.337 e. The summed E-state index contributed by atoms with van der Waals surface area (Å²) in [4.78, 5) is 11.8. The number of rotatable bonds is 5. The summed E-state index contributed by atoms with van der Waals surface area (Å²) in [5.74, 6) is 0.887. The van der Waals surface area contributed by atoms with Crippen LogP contribution in [-0.2, 0) is 11.2 Å². The Morgan fingerprint density at radius 1 is 1.24 bits per heavy atom. The van der Waals surface area contributed by atoms with Crippen molar-refractivity contribution in [3.63, 3.8) is 0 Å². The first kappa shape index (κ1) is 15.6. The molecular formula is C16H23NO4. The molecule has 5 nitrogen and oxygen atoms in total. The van der Waals surface area contributed by atoms with Gasteiger partial charge in [-0.25, -0.2) is 4.79 Å². The van der Waals surface area contributed by atoms with Crippen LogP contribution in [0.15, 0.2) is 12.1 Å². The van der Waals surface area contributed by atoms with Crippen molar-refractivity contribution in [1.29, 1.82) is 0 Å². The summed E-state index contributed by atoms with van der Waals surface area (Å²) in [5.41, 5.74) is 1.46. The van der Waals surface area contributed by atoms with Crippen molar-refractivity contribution in [2.24, 2.45) is 0 Å². The van der Waals surface area contributed by atoms with Gasteiger partial charge in [0.2, 0.25) is 0 Å². The number of carbonyl (C=O) groups excluding carboxylic acids is 1. The van der Waals surface area contributed by atoms with Crippen LogP contribution in [0.4, 0.5) is 0 Å². The highest BCUT2D eigenvalue weighted by Crippen LogP contribution is 2.34. The SMILES string of the molecule is COC(=O)c1cc(CC2CCCCN2)c(OC)c(OC)c1. The van der Waals surface area contributed by atoms with Crippen LogP contribution in [0.25, 0.3) is 0 Å². The number of nitrogens with one attached hydrogen (secondary N) is 1. The summed E-state index contributed by atoms with van der Waals surface area (Å²) in [5, 5.41) is 3.51. The Morgan fingerprint density at radius 3 is 2.62 bits per heavy atom. The molecule has 0 radical (unpaired) electrons. The monoisotopic (exact) mass is 293 g/mol. The van der Waals surface area contributed by atoms with E-state index >= 15 is 0 Å². The first-order valence-corrected chi connectivity index (χ1v) is 7.26. The first-order chi connectivity index (χ1) is 10.2. The molecule has 1 N–H and O–H groups in total. The quantitative estimate of drug-likeness (QED) is 0.843. The highest BCUT2D eigenvalue weighted by molar-refractivity contribution is 5.90. The van der Waals surface area contributed by atoms with E-state index in [1.54, 1.807) is 20.3 Å². The van der Waals surface area contributed by atoms with Gasteiger partial charge < -0.3 is 19.5 Å². The predicted octanol–water partition coefficient (Wildman–Crippen LogP) is 2.17. The van der Waals surface area contributed by atoms with Crippen LogP contribution in [0.3, 0.4) is 0 Å². The van der Waals surface area contributed by atoms with E-state index in [-0.39, 0.29) is 5.97 Å². The number of piperidine rings is 1. The largest absolute Gasteiger partial charge is 0.493 e. The van der Waals surface area contributed by atoms with Gasteiger partial charge in [0.15, 0.2) is 11.5 Å². The summed E-state index contributed by atoms with van der Waals surface area (Å²) in [6.45, 7) is 1.04. The zero-order chi connectivity index (χ0) is 15.2. The molecule has 1 heterocycles. The zero-order valence-electron chi connectivity index (χ0n) is 12.9. The predicted molar refractivity (Wildman–Crippen MR) is 80.2 cm³/mol. The molecule has 0 aromatic heterocycles. The van der Waals surface area contributed by atoms with E-state index in [9.17, 15) is 4.79 Å². The van der Waals surface area contributed by atoms with Crippen molar-refractivity contribution < 1.29 is 19.0 Å². The van der Waals surface area contributed by atoms with Gasteiger partial charge in [0, 0.05) is 11.6 Å². The summed E-state index contributed by atoms with van der Waals surface area (Å²) >= 11 is 0. The highest BCUT2D eigenvalue weighted by atomic mass is 16.5. The van der Waals surface area contributed by atoms with Crippen LogP contribution in [0, 0.1) is 0 Å². The molecule has 1 unspecified atom stereocenters. The van der Waals surface area contributed by atoms with Crippen molar-refractivity contribution in [2.75, 3.05) is 27.9 Å². The van der Waals surface area contributed by atoms with Gasteiger partial charge in [0.05, 0.1) is 26.9 Å². The molecule has 1 atom stereocenters. The van der Waals surface area contributed by atoms with Crippen LogP contribution in [0.1, 0.15) is 35.2 Å². The normalized spacial score (nSPS) is 18.1. The van der Waals surface area contributed by atoms with E-state index in [1.807, 2.05) is 6.07 Å². The fraction of sp³-hybridized carbons (Fsp3) is 0.562. The number of hydrogen-bond donors (Lipinski definition) is 1. The minimum absolute atomic E-state index is 0.367. The van der Waals surface area contributed by atoms with Gasteiger partial charge in [0.1, 0.15) is 0 Å². The third-order valence-electron chi connectivity index (χ3n) is 3.86. The molecule has 1 saturated heterocycles. The number of methoxy groups -OCH3 is 3. The van der Waals surface area contributed by atoms with Crippen molar-refractivity contribution >= 4 is 5.97 Å². The van der Waals surface area contributed by atoms with Gasteiger partial charge in [0.25, 0.3) is 0 Å². The van der Waals surface area contributed by atoms with Crippen molar-refractivity contribution in [3.8, 4) is 11.5 Å². The van der Waals surface area contributed by atoms with Gasteiger partial charge in [-0.1, -0.05) is 6.42 Å². The molecule has 0 spiro atoms. The lowest BCUT2D eigenvalue weighted by atomic mass is 9.96. The topological polar surface area (TPSA) is 56.8 Å². The van der Waals surface area contributed by atoms with E-state index in [4.69, 9.17) is 14.2 Å². The molecule has 1 aliphatic heterocycles. The second kappa shape index (κ2) is 7.31. The van der Waals surface area contributed by atoms with Gasteiger partial charge in [-0.2, -0.15) is 0 Å². The molecule has 1 aromatic carbocycles. The van der Waals surface area contributed by atoms with Gasteiger partial charge in [-0.05, 0) is 37.9 Å². The average molecular weight is 293 g/mol. The Morgan fingerprint density at radius 2 is 2.05 bits per heavy atom. The number of ether oxygens (including phenoxy) is 3. The molecule has 0 amide bonds. The second-order valence-corrected chi connectivity index (χ2v) is 5.21. The Bertz CT molecular complexity index is 495. The molecule has 5 heteroatoms. The second-order valence-electron chi connectivity index (χ2n) is 5.21. The molecule has 116 valence electrons. The Kier molecular flexibility index (Phi) is 5.44. The number of benzene rings is 1. The summed E-state index contributed by atoms with van der Waals surface area (Å²) in [6, 6.07) is 3.90. The summed E-state index contributed by atoms with van der Waals surface area (Å²) in [6.07, 6.45) is 4.39. The van der Waals surface area contributed by atoms with Crippen molar-refractivity contribution in [1.82, 2.24) is 5.32 Å². The van der Waals surface area contributed by atoms with Gasteiger partial charge in [-0.3, -0.25) is 0 Å². The lowest BCUT2D eigenvalue weighted by Gasteiger charge is -2.25. The maximum atomic E-state index is 11.8. The fourth-order valence-corrected chi connectivity index (χ4v) is 2.79. The molecule has 0 aliphatic carbocycles. The van der Waals surface area contributed by atoms with Crippen LogP contribution < -0.4 is 14.8 Å². The number of hydrogen-bond acceptors (Lipinski definition) is 5. The average Bonchev–Trinajstić information content (AvgIpc) is 2.54. The van der Waals surface area contributed by atoms with E-state index in [0.717, 1.165) is 24.9 Å². The van der Waals surface area contributed by atoms with E-state index in [2.05, 4.69) is 5.32 Å². The first-order valence-electron chi connectivity index (χ1n) is 7.26. The van der Waals surface area contributed by atoms with E-state index in [1.165, 1.54) is 20.0 Å². The Balaban J connectivity index is 2.33. The third-order valence-corrected chi connectivity index (χ3v) is 3.86. The van der Waals surface area contributed by atoms with E-state index < -0.39 is 0 Å².